The first-order chi connectivity index (χ1) is 14.8. The van der Waals surface area contributed by atoms with E-state index in [1.807, 2.05) is 13.1 Å². The third-order valence-corrected chi connectivity index (χ3v) is 6.71. The van der Waals surface area contributed by atoms with Crippen molar-refractivity contribution < 1.29 is 9.47 Å². The quantitative estimate of drug-likeness (QED) is 0.313. The molecule has 1 aromatic carbocycles. The van der Waals surface area contributed by atoms with E-state index in [-0.39, 0.29) is 30.1 Å². The zero-order valence-electron chi connectivity index (χ0n) is 18.9. The summed E-state index contributed by atoms with van der Waals surface area (Å²) in [6.07, 6.45) is 5.35. The average molecular weight is 543 g/mol. The Hall–Kier alpha value is -1.10. The number of morpholine rings is 1. The van der Waals surface area contributed by atoms with Gasteiger partial charge in [-0.15, -0.1) is 24.0 Å². The van der Waals surface area contributed by atoms with E-state index in [2.05, 4.69) is 43.6 Å². The topological polar surface area (TPSA) is 61.4 Å². The number of nitrogens with one attached hydrogen (secondary N) is 2. The monoisotopic (exact) mass is 543 g/mol. The van der Waals surface area contributed by atoms with E-state index in [4.69, 9.17) is 9.47 Å². The number of halogens is 1. The van der Waals surface area contributed by atoms with Gasteiger partial charge in [0.05, 0.1) is 25.9 Å². The summed E-state index contributed by atoms with van der Waals surface area (Å²) in [5.74, 6) is 1.75. The molecule has 0 bridgehead atoms. The molecule has 7 nitrogen and oxygen atoms in total. The molecule has 174 valence electrons. The van der Waals surface area contributed by atoms with Crippen molar-refractivity contribution in [3.8, 4) is 5.75 Å². The van der Waals surface area contributed by atoms with Crippen LogP contribution in [0.4, 0.5) is 0 Å². The van der Waals surface area contributed by atoms with E-state index in [0.717, 1.165) is 51.0 Å². The molecule has 3 unspecified atom stereocenters. The van der Waals surface area contributed by atoms with E-state index in [1.54, 1.807) is 7.11 Å². The maximum absolute atomic E-state index is 6.08. The van der Waals surface area contributed by atoms with Gasteiger partial charge in [-0.1, -0.05) is 12.1 Å². The largest absolute Gasteiger partial charge is 0.497 e. The maximum Gasteiger partial charge on any atom is 0.191 e. The summed E-state index contributed by atoms with van der Waals surface area (Å²) in [7, 11) is 3.57. The molecule has 3 saturated heterocycles. The zero-order valence-corrected chi connectivity index (χ0v) is 21.2. The van der Waals surface area contributed by atoms with Crippen LogP contribution in [-0.4, -0.2) is 87.9 Å². The SMILES string of the molecule is CN=C(NCC1CN2CCCC2CO1)NCC(c1cccc(OC)c1)N1CCCC1.I. The number of nitrogens with zero attached hydrogens (tertiary/aromatic N) is 3. The summed E-state index contributed by atoms with van der Waals surface area (Å²) < 4.78 is 11.5. The van der Waals surface area contributed by atoms with Gasteiger partial charge in [0.25, 0.3) is 0 Å². The molecular weight excluding hydrogens is 505 g/mol. The Balaban J connectivity index is 0.00000272. The normalized spacial score (nSPS) is 25.5. The molecule has 0 saturated carbocycles. The fourth-order valence-electron chi connectivity index (χ4n) is 4.99. The van der Waals surface area contributed by atoms with Gasteiger partial charge >= 0.3 is 0 Å². The molecule has 0 radical (unpaired) electrons. The van der Waals surface area contributed by atoms with Gasteiger partial charge in [0.1, 0.15) is 5.75 Å². The fourth-order valence-corrected chi connectivity index (χ4v) is 4.99. The predicted molar refractivity (Wildman–Crippen MR) is 136 cm³/mol. The molecule has 0 spiro atoms. The number of ether oxygens (including phenoxy) is 2. The van der Waals surface area contributed by atoms with E-state index in [9.17, 15) is 0 Å². The number of fused-ring (bicyclic) bond motifs is 1. The lowest BCUT2D eigenvalue weighted by atomic mass is 10.1. The van der Waals surface area contributed by atoms with Crippen LogP contribution in [0.2, 0.25) is 0 Å². The Labute approximate surface area is 204 Å². The molecule has 3 fully saturated rings. The van der Waals surface area contributed by atoms with Gasteiger partial charge < -0.3 is 20.1 Å². The third-order valence-electron chi connectivity index (χ3n) is 6.71. The molecule has 2 N–H and O–H groups in total. The van der Waals surface area contributed by atoms with Crippen molar-refractivity contribution in [3.05, 3.63) is 29.8 Å². The molecule has 0 amide bonds. The van der Waals surface area contributed by atoms with Crippen LogP contribution in [0.15, 0.2) is 29.3 Å². The summed E-state index contributed by atoms with van der Waals surface area (Å²) in [6.45, 7) is 6.99. The zero-order chi connectivity index (χ0) is 20.8. The highest BCUT2D eigenvalue weighted by Crippen LogP contribution is 2.27. The molecular formula is C23H38IN5O2. The molecule has 3 aliphatic heterocycles. The second-order valence-corrected chi connectivity index (χ2v) is 8.62. The molecule has 1 aromatic rings. The van der Waals surface area contributed by atoms with Crippen molar-refractivity contribution in [2.45, 2.75) is 43.9 Å². The Bertz CT molecular complexity index is 713. The van der Waals surface area contributed by atoms with Crippen molar-refractivity contribution in [3.63, 3.8) is 0 Å². The van der Waals surface area contributed by atoms with Crippen molar-refractivity contribution >= 4 is 29.9 Å². The molecule has 3 atom stereocenters. The van der Waals surface area contributed by atoms with E-state index in [1.165, 1.54) is 37.8 Å². The van der Waals surface area contributed by atoms with E-state index < -0.39 is 0 Å². The minimum absolute atomic E-state index is 0. The van der Waals surface area contributed by atoms with Crippen molar-refractivity contribution in [2.24, 2.45) is 4.99 Å². The van der Waals surface area contributed by atoms with Crippen LogP contribution >= 0.6 is 24.0 Å². The maximum atomic E-state index is 6.08. The van der Waals surface area contributed by atoms with E-state index >= 15 is 0 Å². The van der Waals surface area contributed by atoms with E-state index in [0.29, 0.717) is 12.1 Å². The highest BCUT2D eigenvalue weighted by atomic mass is 127. The number of methoxy groups -OCH3 is 1. The van der Waals surface area contributed by atoms with Crippen LogP contribution in [-0.2, 0) is 4.74 Å². The van der Waals surface area contributed by atoms with Crippen LogP contribution in [0, 0.1) is 0 Å². The van der Waals surface area contributed by atoms with Crippen LogP contribution in [0.3, 0.4) is 0 Å². The number of hydrogen-bond donors (Lipinski definition) is 2. The molecule has 0 aromatic heterocycles. The molecule has 3 aliphatic rings. The third kappa shape index (κ3) is 6.46. The molecule has 8 heteroatoms. The fraction of sp³-hybridized carbons (Fsp3) is 0.696. The number of rotatable bonds is 7. The summed E-state index contributed by atoms with van der Waals surface area (Å²) in [6, 6.07) is 9.39. The Kier molecular flexibility index (Phi) is 9.68. The Morgan fingerprint density at radius 1 is 1.23 bits per heavy atom. The summed E-state index contributed by atoms with van der Waals surface area (Å²) in [5.41, 5.74) is 1.29. The van der Waals surface area contributed by atoms with Crippen LogP contribution < -0.4 is 15.4 Å². The minimum Gasteiger partial charge on any atom is -0.497 e. The van der Waals surface area contributed by atoms with Crippen LogP contribution in [0.5, 0.6) is 5.75 Å². The second kappa shape index (κ2) is 12.2. The second-order valence-electron chi connectivity index (χ2n) is 8.62. The lowest BCUT2D eigenvalue weighted by Crippen LogP contribution is -2.52. The van der Waals surface area contributed by atoms with Crippen molar-refractivity contribution in [1.29, 1.82) is 0 Å². The number of guanidine groups is 1. The standard InChI is InChI=1S/C23H37N5O2.HI/c1-24-23(25-14-21-16-28-12-6-8-19(28)17-30-21)26-15-22(27-10-3-4-11-27)18-7-5-9-20(13-18)29-2;/h5,7,9,13,19,21-22H,3-4,6,8,10-12,14-17H2,1-2H3,(H2,24,25,26);1H. The number of hydrogen-bond acceptors (Lipinski definition) is 5. The van der Waals surface area contributed by atoms with Crippen molar-refractivity contribution in [2.75, 3.05) is 60.0 Å². The van der Waals surface area contributed by atoms with Gasteiger partial charge in [-0.05, 0) is 63.0 Å². The first-order valence-corrected chi connectivity index (χ1v) is 11.4. The van der Waals surface area contributed by atoms with Gasteiger partial charge in [-0.2, -0.15) is 0 Å². The first kappa shape index (κ1) is 24.5. The summed E-state index contributed by atoms with van der Waals surface area (Å²) >= 11 is 0. The van der Waals surface area contributed by atoms with Gasteiger partial charge in [0.15, 0.2) is 5.96 Å². The van der Waals surface area contributed by atoms with Gasteiger partial charge in [0, 0.05) is 32.7 Å². The predicted octanol–water partition coefficient (Wildman–Crippen LogP) is 2.48. The van der Waals surface area contributed by atoms with Crippen LogP contribution in [0.25, 0.3) is 0 Å². The van der Waals surface area contributed by atoms with Crippen molar-refractivity contribution in [1.82, 2.24) is 20.4 Å². The molecule has 3 heterocycles. The number of aliphatic imine (C=N–C) groups is 1. The Morgan fingerprint density at radius 2 is 2.06 bits per heavy atom. The van der Waals surface area contributed by atoms with Gasteiger partial charge in [0.2, 0.25) is 0 Å². The first-order valence-electron chi connectivity index (χ1n) is 11.4. The lowest BCUT2D eigenvalue weighted by molar-refractivity contribution is -0.0453. The number of benzene rings is 1. The summed E-state index contributed by atoms with van der Waals surface area (Å²) in [5, 5.41) is 7.04. The lowest BCUT2D eigenvalue weighted by Gasteiger charge is -2.35. The molecule has 0 aliphatic carbocycles. The Morgan fingerprint density at radius 3 is 2.84 bits per heavy atom. The highest BCUT2D eigenvalue weighted by Gasteiger charge is 2.32. The smallest absolute Gasteiger partial charge is 0.191 e. The van der Waals surface area contributed by atoms with Gasteiger partial charge in [-0.3, -0.25) is 14.8 Å². The summed E-state index contributed by atoms with van der Waals surface area (Å²) in [4.78, 5) is 9.59. The molecule has 4 rings (SSSR count). The minimum atomic E-state index is 0. The average Bonchev–Trinajstić information content (AvgIpc) is 3.48. The van der Waals surface area contributed by atoms with Crippen LogP contribution in [0.1, 0.15) is 37.3 Å². The number of likely N-dealkylation sites (tertiary alicyclic amines) is 1. The highest BCUT2D eigenvalue weighted by molar-refractivity contribution is 14.0. The molecule has 31 heavy (non-hydrogen) atoms. The van der Waals surface area contributed by atoms with Gasteiger partial charge in [-0.25, -0.2) is 0 Å².